The maximum Gasteiger partial charge on any atom is 0.219 e. The van der Waals surface area contributed by atoms with Gasteiger partial charge < -0.3 is 10.5 Å². The Hall–Kier alpha value is -1.39. The molecule has 0 fully saturated rings. The molecule has 0 aliphatic heterocycles. The van der Waals surface area contributed by atoms with Crippen molar-refractivity contribution in [3.8, 4) is 11.6 Å². The van der Waals surface area contributed by atoms with Crippen LogP contribution in [0.2, 0.25) is 0 Å². The van der Waals surface area contributed by atoms with Gasteiger partial charge in [-0.2, -0.15) is 0 Å². The summed E-state index contributed by atoms with van der Waals surface area (Å²) in [7, 11) is 0. The molecule has 3 nitrogen and oxygen atoms in total. The highest BCUT2D eigenvalue weighted by Crippen LogP contribution is 2.26. The lowest BCUT2D eigenvalue weighted by Gasteiger charge is -2.08. The van der Waals surface area contributed by atoms with E-state index in [4.69, 9.17) is 10.5 Å². The first-order chi connectivity index (χ1) is 8.19. The van der Waals surface area contributed by atoms with Gasteiger partial charge >= 0.3 is 0 Å². The monoisotopic (exact) mass is 292 g/mol. The number of nitrogens with two attached hydrogens (primary N) is 1. The number of hydrogen-bond donors (Lipinski definition) is 1. The summed E-state index contributed by atoms with van der Waals surface area (Å²) in [5.74, 6) is 1.37. The SMILES string of the molecule is Cc1ccc(Br)cc1Oc1ccc(CN)cn1. The molecule has 4 heteroatoms. The first-order valence-corrected chi connectivity index (χ1v) is 6.07. The summed E-state index contributed by atoms with van der Waals surface area (Å²) in [6, 6.07) is 9.63. The topological polar surface area (TPSA) is 48.1 Å². The Morgan fingerprint density at radius 2 is 2.12 bits per heavy atom. The quantitative estimate of drug-likeness (QED) is 0.943. The molecule has 2 N–H and O–H groups in total. The third-order valence-corrected chi connectivity index (χ3v) is 2.89. The number of rotatable bonds is 3. The largest absolute Gasteiger partial charge is 0.439 e. The number of benzene rings is 1. The molecule has 0 unspecified atom stereocenters. The van der Waals surface area contributed by atoms with Gasteiger partial charge in [-0.05, 0) is 30.2 Å². The first kappa shape index (κ1) is 12.1. The third kappa shape index (κ3) is 3.05. The average molecular weight is 293 g/mol. The fourth-order valence-electron chi connectivity index (χ4n) is 1.39. The minimum atomic E-state index is 0.489. The van der Waals surface area contributed by atoms with Crippen LogP contribution < -0.4 is 10.5 Å². The van der Waals surface area contributed by atoms with E-state index in [1.54, 1.807) is 6.20 Å². The summed E-state index contributed by atoms with van der Waals surface area (Å²) < 4.78 is 6.69. The number of pyridine rings is 1. The number of hydrogen-bond acceptors (Lipinski definition) is 3. The predicted molar refractivity (Wildman–Crippen MR) is 71.1 cm³/mol. The summed E-state index contributed by atoms with van der Waals surface area (Å²) in [5.41, 5.74) is 7.57. The van der Waals surface area contributed by atoms with Crippen LogP contribution in [0.5, 0.6) is 11.6 Å². The molecule has 0 radical (unpaired) electrons. The number of aryl methyl sites for hydroxylation is 1. The highest BCUT2D eigenvalue weighted by atomic mass is 79.9. The van der Waals surface area contributed by atoms with Gasteiger partial charge in [0, 0.05) is 23.3 Å². The van der Waals surface area contributed by atoms with Gasteiger partial charge in [0.15, 0.2) is 0 Å². The van der Waals surface area contributed by atoms with Crippen molar-refractivity contribution >= 4 is 15.9 Å². The fraction of sp³-hybridized carbons (Fsp3) is 0.154. The molecule has 88 valence electrons. The lowest BCUT2D eigenvalue weighted by atomic mass is 10.2. The zero-order valence-corrected chi connectivity index (χ0v) is 11.1. The van der Waals surface area contributed by atoms with Crippen LogP contribution in [0, 0.1) is 6.92 Å². The van der Waals surface area contributed by atoms with Crippen LogP contribution in [-0.2, 0) is 6.54 Å². The molecule has 17 heavy (non-hydrogen) atoms. The Labute approximate surface area is 109 Å². The maximum atomic E-state index is 5.71. The molecule has 1 aromatic heterocycles. The molecule has 0 saturated carbocycles. The molecular weight excluding hydrogens is 280 g/mol. The van der Waals surface area contributed by atoms with E-state index in [1.807, 2.05) is 37.3 Å². The maximum absolute atomic E-state index is 5.71. The highest BCUT2D eigenvalue weighted by Gasteiger charge is 2.03. The normalized spacial score (nSPS) is 10.3. The van der Waals surface area contributed by atoms with Crippen LogP contribution >= 0.6 is 15.9 Å². The van der Waals surface area contributed by atoms with E-state index in [0.717, 1.165) is 21.3 Å². The Morgan fingerprint density at radius 1 is 1.29 bits per heavy atom. The van der Waals surface area contributed by atoms with Crippen molar-refractivity contribution < 1.29 is 4.74 Å². The minimum absolute atomic E-state index is 0.489. The van der Waals surface area contributed by atoms with E-state index in [2.05, 4.69) is 20.9 Å². The average Bonchev–Trinajstić information content (AvgIpc) is 2.35. The Morgan fingerprint density at radius 3 is 2.76 bits per heavy atom. The highest BCUT2D eigenvalue weighted by molar-refractivity contribution is 9.10. The van der Waals surface area contributed by atoms with E-state index in [-0.39, 0.29) is 0 Å². The summed E-state index contributed by atoms with van der Waals surface area (Å²) in [6.45, 7) is 2.49. The number of ether oxygens (including phenoxy) is 1. The molecule has 0 atom stereocenters. The second-order valence-corrected chi connectivity index (χ2v) is 4.64. The van der Waals surface area contributed by atoms with Gasteiger partial charge in [0.2, 0.25) is 5.88 Å². The summed E-state index contributed by atoms with van der Waals surface area (Å²) in [5, 5.41) is 0. The van der Waals surface area contributed by atoms with E-state index in [1.165, 1.54) is 0 Å². The van der Waals surface area contributed by atoms with Gasteiger partial charge in [-0.25, -0.2) is 4.98 Å². The second-order valence-electron chi connectivity index (χ2n) is 3.72. The molecule has 0 saturated heterocycles. The summed E-state index contributed by atoms with van der Waals surface area (Å²) >= 11 is 3.42. The van der Waals surface area contributed by atoms with E-state index >= 15 is 0 Å². The summed E-state index contributed by atoms with van der Waals surface area (Å²) in [4.78, 5) is 4.20. The van der Waals surface area contributed by atoms with Crippen molar-refractivity contribution in [2.24, 2.45) is 5.73 Å². The van der Waals surface area contributed by atoms with Gasteiger partial charge in [0.1, 0.15) is 5.75 Å². The number of nitrogens with zero attached hydrogens (tertiary/aromatic N) is 1. The first-order valence-electron chi connectivity index (χ1n) is 5.28. The van der Waals surface area contributed by atoms with Crippen molar-refractivity contribution in [3.63, 3.8) is 0 Å². The van der Waals surface area contributed by atoms with E-state index < -0.39 is 0 Å². The van der Waals surface area contributed by atoms with Gasteiger partial charge in [0.25, 0.3) is 0 Å². The predicted octanol–water partition coefficient (Wildman–Crippen LogP) is 3.40. The fourth-order valence-corrected chi connectivity index (χ4v) is 1.73. The Bertz CT molecular complexity index is 511. The lowest BCUT2D eigenvalue weighted by Crippen LogP contribution is -1.97. The van der Waals surface area contributed by atoms with Crippen molar-refractivity contribution in [1.82, 2.24) is 4.98 Å². The molecule has 0 aliphatic carbocycles. The van der Waals surface area contributed by atoms with Crippen LogP contribution in [0.4, 0.5) is 0 Å². The van der Waals surface area contributed by atoms with Crippen molar-refractivity contribution in [3.05, 3.63) is 52.1 Å². The zero-order chi connectivity index (χ0) is 12.3. The van der Waals surface area contributed by atoms with Crippen molar-refractivity contribution in [1.29, 1.82) is 0 Å². The minimum Gasteiger partial charge on any atom is -0.439 e. The Balaban J connectivity index is 2.22. The molecule has 0 spiro atoms. The third-order valence-electron chi connectivity index (χ3n) is 2.40. The molecule has 0 bridgehead atoms. The smallest absolute Gasteiger partial charge is 0.219 e. The van der Waals surface area contributed by atoms with Crippen LogP contribution in [0.3, 0.4) is 0 Å². The molecule has 2 aromatic rings. The van der Waals surface area contributed by atoms with Crippen LogP contribution in [0.25, 0.3) is 0 Å². The summed E-state index contributed by atoms with van der Waals surface area (Å²) in [6.07, 6.45) is 1.72. The lowest BCUT2D eigenvalue weighted by molar-refractivity contribution is 0.459. The second kappa shape index (κ2) is 5.29. The van der Waals surface area contributed by atoms with Crippen LogP contribution in [-0.4, -0.2) is 4.98 Å². The van der Waals surface area contributed by atoms with Crippen molar-refractivity contribution in [2.45, 2.75) is 13.5 Å². The van der Waals surface area contributed by atoms with Gasteiger partial charge in [-0.15, -0.1) is 0 Å². The number of halogens is 1. The van der Waals surface area contributed by atoms with Crippen LogP contribution in [0.1, 0.15) is 11.1 Å². The molecular formula is C13H13BrN2O. The van der Waals surface area contributed by atoms with Crippen LogP contribution in [0.15, 0.2) is 41.0 Å². The molecule has 1 heterocycles. The molecule has 1 aromatic carbocycles. The molecule has 0 aliphatic rings. The van der Waals surface area contributed by atoms with Gasteiger partial charge in [0.05, 0.1) is 0 Å². The standard InChI is InChI=1S/C13H13BrN2O/c1-9-2-4-11(14)6-12(9)17-13-5-3-10(7-15)8-16-13/h2-6,8H,7,15H2,1H3. The van der Waals surface area contributed by atoms with E-state index in [9.17, 15) is 0 Å². The molecule has 2 rings (SSSR count). The van der Waals surface area contributed by atoms with Crippen molar-refractivity contribution in [2.75, 3.05) is 0 Å². The molecule has 0 amide bonds. The number of aromatic nitrogens is 1. The Kier molecular flexibility index (Phi) is 3.76. The zero-order valence-electron chi connectivity index (χ0n) is 9.48. The van der Waals surface area contributed by atoms with E-state index in [0.29, 0.717) is 12.4 Å². The van der Waals surface area contributed by atoms with Gasteiger partial charge in [-0.1, -0.05) is 28.1 Å². The van der Waals surface area contributed by atoms with Gasteiger partial charge in [-0.3, -0.25) is 0 Å².